The van der Waals surface area contributed by atoms with Crippen molar-refractivity contribution in [2.24, 2.45) is 0 Å². The molecular weight excluding hydrogens is 349 g/mol. The summed E-state index contributed by atoms with van der Waals surface area (Å²) in [4.78, 5) is 25.4. The lowest BCUT2D eigenvalue weighted by atomic mass is 10.1. The van der Waals surface area contributed by atoms with Crippen molar-refractivity contribution in [1.82, 2.24) is 20.4 Å². The van der Waals surface area contributed by atoms with Crippen LogP contribution in [0.4, 0.5) is 13.2 Å². The van der Waals surface area contributed by atoms with E-state index in [-0.39, 0.29) is 23.6 Å². The highest BCUT2D eigenvalue weighted by Crippen LogP contribution is 2.30. The number of rotatable bonds is 3. The van der Waals surface area contributed by atoms with Gasteiger partial charge in [-0.3, -0.25) is 14.7 Å². The molecule has 0 aliphatic carbocycles. The first-order valence-corrected chi connectivity index (χ1v) is 8.03. The number of aromatic amines is 1. The molecule has 0 bridgehead atoms. The highest BCUT2D eigenvalue weighted by molar-refractivity contribution is 5.95. The van der Waals surface area contributed by atoms with Gasteiger partial charge in [-0.05, 0) is 24.6 Å². The van der Waals surface area contributed by atoms with Crippen LogP contribution in [0.3, 0.4) is 0 Å². The molecule has 1 fully saturated rings. The van der Waals surface area contributed by atoms with E-state index in [2.05, 4.69) is 10.4 Å². The summed E-state index contributed by atoms with van der Waals surface area (Å²) >= 11 is 0. The second-order valence-corrected chi connectivity index (χ2v) is 6.18. The summed E-state index contributed by atoms with van der Waals surface area (Å²) in [5.41, 5.74) is -0.0471. The fraction of sp³-hybridized carbons (Fsp3) is 0.353. The first-order valence-electron chi connectivity index (χ1n) is 8.03. The number of alkyl halides is 3. The number of aromatic nitrogens is 2. The molecule has 2 heterocycles. The molecule has 26 heavy (non-hydrogen) atoms. The molecule has 1 unspecified atom stereocenters. The Labute approximate surface area is 147 Å². The van der Waals surface area contributed by atoms with Gasteiger partial charge >= 0.3 is 6.18 Å². The van der Waals surface area contributed by atoms with Gasteiger partial charge in [-0.15, -0.1) is 0 Å². The van der Waals surface area contributed by atoms with E-state index in [4.69, 9.17) is 0 Å². The minimum Gasteiger partial charge on any atom is -0.352 e. The van der Waals surface area contributed by atoms with Gasteiger partial charge in [-0.1, -0.05) is 12.1 Å². The smallest absolute Gasteiger partial charge is 0.352 e. The van der Waals surface area contributed by atoms with Crippen LogP contribution in [0.25, 0.3) is 11.3 Å². The van der Waals surface area contributed by atoms with Crippen molar-refractivity contribution >= 4 is 11.8 Å². The molecule has 1 saturated heterocycles. The van der Waals surface area contributed by atoms with E-state index in [0.717, 1.165) is 6.07 Å². The zero-order valence-electron chi connectivity index (χ0n) is 13.9. The van der Waals surface area contributed by atoms with Crippen molar-refractivity contribution in [1.29, 1.82) is 0 Å². The fourth-order valence-electron chi connectivity index (χ4n) is 2.96. The lowest BCUT2D eigenvalue weighted by Gasteiger charge is -2.17. The molecule has 0 saturated carbocycles. The Bertz CT molecular complexity index is 831. The van der Waals surface area contributed by atoms with Crippen molar-refractivity contribution in [2.45, 2.75) is 25.6 Å². The lowest BCUT2D eigenvalue weighted by Crippen LogP contribution is -2.37. The number of H-pyrrole nitrogens is 1. The summed E-state index contributed by atoms with van der Waals surface area (Å²) in [6.45, 7) is 2.34. The Morgan fingerprint density at radius 1 is 1.31 bits per heavy atom. The van der Waals surface area contributed by atoms with Crippen molar-refractivity contribution in [3.05, 3.63) is 41.6 Å². The highest BCUT2D eigenvalue weighted by atomic mass is 19.4. The lowest BCUT2D eigenvalue weighted by molar-refractivity contribution is -0.141. The molecule has 1 aliphatic heterocycles. The summed E-state index contributed by atoms with van der Waals surface area (Å²) in [5.74, 6) is -0.378. The maximum absolute atomic E-state index is 12.7. The van der Waals surface area contributed by atoms with E-state index < -0.39 is 11.9 Å². The van der Waals surface area contributed by atoms with Gasteiger partial charge in [0, 0.05) is 37.2 Å². The molecule has 2 aromatic rings. The normalized spacial score (nSPS) is 17.4. The molecule has 9 heteroatoms. The maximum atomic E-state index is 12.7. The quantitative estimate of drug-likeness (QED) is 0.876. The number of carbonyl (C=O) groups excluding carboxylic acids is 2. The standard InChI is InChI=1S/C17H17F3N4O2/c1-10(25)21-13-5-6-24(9-13)16(26)12-4-2-3-11(7-12)14-8-15(23-22-14)17(18,19)20/h2-4,7-8,13H,5-6,9H2,1H3,(H,21,25)(H,22,23). The van der Waals surface area contributed by atoms with Gasteiger partial charge in [0.25, 0.3) is 5.91 Å². The number of halogens is 3. The number of hydrogen-bond donors (Lipinski definition) is 2. The molecule has 2 amide bonds. The molecule has 1 aliphatic rings. The molecule has 1 aromatic carbocycles. The van der Waals surface area contributed by atoms with Gasteiger partial charge in [0.15, 0.2) is 0 Å². The predicted octanol–water partition coefficient (Wildman–Crippen LogP) is 2.45. The van der Waals surface area contributed by atoms with Crippen molar-refractivity contribution < 1.29 is 22.8 Å². The molecule has 0 radical (unpaired) electrons. The van der Waals surface area contributed by atoms with Crippen LogP contribution in [-0.4, -0.2) is 46.0 Å². The number of nitrogens with one attached hydrogen (secondary N) is 2. The third kappa shape index (κ3) is 3.87. The van der Waals surface area contributed by atoms with Crippen LogP contribution in [0.15, 0.2) is 30.3 Å². The third-order valence-electron chi connectivity index (χ3n) is 4.17. The summed E-state index contributed by atoms with van der Waals surface area (Å²) in [7, 11) is 0. The van der Waals surface area contributed by atoms with E-state index in [0.29, 0.717) is 30.6 Å². The summed E-state index contributed by atoms with van der Waals surface area (Å²) < 4.78 is 38.1. The zero-order valence-corrected chi connectivity index (χ0v) is 13.9. The Kier molecular flexibility index (Phi) is 4.71. The number of nitrogens with zero attached hydrogens (tertiary/aromatic N) is 2. The van der Waals surface area contributed by atoms with Crippen molar-refractivity contribution in [3.63, 3.8) is 0 Å². The monoisotopic (exact) mass is 366 g/mol. The van der Waals surface area contributed by atoms with Crippen molar-refractivity contribution in [2.75, 3.05) is 13.1 Å². The molecule has 2 N–H and O–H groups in total. The first kappa shape index (κ1) is 18.0. The largest absolute Gasteiger partial charge is 0.432 e. The summed E-state index contributed by atoms with van der Waals surface area (Å²) in [6, 6.07) is 7.15. The molecule has 3 rings (SSSR count). The van der Waals surface area contributed by atoms with E-state index in [1.165, 1.54) is 13.0 Å². The van der Waals surface area contributed by atoms with Gasteiger partial charge in [0.1, 0.15) is 5.69 Å². The molecule has 1 aromatic heterocycles. The third-order valence-corrected chi connectivity index (χ3v) is 4.17. The van der Waals surface area contributed by atoms with E-state index in [1.807, 2.05) is 5.10 Å². The van der Waals surface area contributed by atoms with Gasteiger partial charge in [-0.2, -0.15) is 18.3 Å². The first-order chi connectivity index (χ1) is 12.2. The summed E-state index contributed by atoms with van der Waals surface area (Å²) in [6.07, 6.45) is -3.84. The SMILES string of the molecule is CC(=O)NC1CCN(C(=O)c2cccc(-c3cc(C(F)(F)F)[nH]n3)c2)C1. The van der Waals surface area contributed by atoms with Crippen LogP contribution in [-0.2, 0) is 11.0 Å². The Morgan fingerprint density at radius 3 is 2.73 bits per heavy atom. The average Bonchev–Trinajstić information content (AvgIpc) is 3.22. The van der Waals surface area contributed by atoms with Crippen LogP contribution >= 0.6 is 0 Å². The second kappa shape index (κ2) is 6.81. The van der Waals surface area contributed by atoms with Crippen molar-refractivity contribution in [3.8, 4) is 11.3 Å². The molecule has 138 valence electrons. The highest BCUT2D eigenvalue weighted by Gasteiger charge is 2.33. The fourth-order valence-corrected chi connectivity index (χ4v) is 2.96. The Morgan fingerprint density at radius 2 is 2.08 bits per heavy atom. The summed E-state index contributed by atoms with van der Waals surface area (Å²) in [5, 5.41) is 8.42. The van der Waals surface area contributed by atoms with Crippen LogP contribution in [0.5, 0.6) is 0 Å². The number of benzene rings is 1. The van der Waals surface area contributed by atoms with E-state index >= 15 is 0 Å². The Hall–Kier alpha value is -2.84. The predicted molar refractivity (Wildman–Crippen MR) is 87.2 cm³/mol. The van der Waals surface area contributed by atoms with Crippen LogP contribution in [0, 0.1) is 0 Å². The molecule has 6 nitrogen and oxygen atoms in total. The van der Waals surface area contributed by atoms with Crippen LogP contribution in [0.1, 0.15) is 29.4 Å². The number of hydrogen-bond acceptors (Lipinski definition) is 3. The zero-order chi connectivity index (χ0) is 18.9. The van der Waals surface area contributed by atoms with Gasteiger partial charge in [0.2, 0.25) is 5.91 Å². The van der Waals surface area contributed by atoms with E-state index in [9.17, 15) is 22.8 Å². The number of amides is 2. The Balaban J connectivity index is 1.76. The second-order valence-electron chi connectivity index (χ2n) is 6.18. The number of carbonyl (C=O) groups is 2. The van der Waals surface area contributed by atoms with E-state index in [1.54, 1.807) is 23.1 Å². The van der Waals surface area contributed by atoms with Gasteiger partial charge < -0.3 is 10.2 Å². The molecule has 0 spiro atoms. The van der Waals surface area contributed by atoms with Gasteiger partial charge in [0.05, 0.1) is 5.69 Å². The topological polar surface area (TPSA) is 78.1 Å². The minimum absolute atomic E-state index is 0.0830. The van der Waals surface area contributed by atoms with Gasteiger partial charge in [-0.25, -0.2) is 0 Å². The average molecular weight is 366 g/mol. The molecule has 1 atom stereocenters. The maximum Gasteiger partial charge on any atom is 0.432 e. The van der Waals surface area contributed by atoms with Crippen LogP contribution < -0.4 is 5.32 Å². The molecular formula is C17H17F3N4O2. The minimum atomic E-state index is -4.51. The number of likely N-dealkylation sites (tertiary alicyclic amines) is 1. The van der Waals surface area contributed by atoms with Crippen LogP contribution in [0.2, 0.25) is 0 Å².